The van der Waals surface area contributed by atoms with E-state index in [4.69, 9.17) is 57.1 Å². The smallest absolute Gasteiger partial charge is 0.187 e. The van der Waals surface area contributed by atoms with Crippen molar-refractivity contribution in [1.82, 2.24) is 0 Å². The molecule has 1 aliphatic carbocycles. The fraction of sp³-hybridized carbons (Fsp3) is 1.00. The monoisotopic (exact) mass is 641 g/mol. The molecule has 0 amide bonds. The van der Waals surface area contributed by atoms with Crippen LogP contribution >= 0.6 is 0 Å². The Labute approximate surface area is 255 Å². The summed E-state index contributed by atoms with van der Waals surface area (Å²) in [5.41, 5.74) is 30.1. The van der Waals surface area contributed by atoms with Crippen molar-refractivity contribution in [2.24, 2.45) is 34.6 Å². The minimum Gasteiger partial charge on any atom is -0.396 e. The van der Waals surface area contributed by atoms with Gasteiger partial charge in [-0.1, -0.05) is 0 Å². The SMILES string of the molecule is NC[C@@H]1O[C@H](O[C@H]2[C@@H](O)[C@H](O[C@@H]3[C@@H](O)[C@H](CCCO)C[C@H](N)[C@H]3O[C@H]3O[C@H](CN)[C@@H](O)C[C@H]3N)O[C@@H]2CO)[C@H](N)[C@@H](O)[C@@H]1O. The van der Waals surface area contributed by atoms with E-state index in [1.165, 1.54) is 0 Å². The second-order valence-electron chi connectivity index (χ2n) is 12.1. The van der Waals surface area contributed by atoms with E-state index in [2.05, 4.69) is 0 Å². The van der Waals surface area contributed by atoms with Crippen molar-refractivity contribution in [3.8, 4) is 0 Å². The van der Waals surface area contributed by atoms with E-state index in [0.29, 0.717) is 19.3 Å². The predicted octanol–water partition coefficient (Wildman–Crippen LogP) is -6.80. The number of rotatable bonds is 12. The standard InChI is InChI=1S/C26H51N5O13/c27-6-13-12(34)5-11(30)24(39-13)42-21-10(29)4-9(2-1-3-32)17(35)23(21)44-26-20(38)22(15(8-33)41-26)43-25-16(31)19(37)18(36)14(7-28)40-25/h9-26,32-38H,1-8,27-31H2/t9-,10+,11-,12+,13-,14+,15-,16-,17+,18-,19-,20-,21-,22-,23-,24-,25-,26+/m1/s1. The zero-order chi connectivity index (χ0) is 32.3. The number of aliphatic hydroxyl groups is 7. The van der Waals surface area contributed by atoms with Gasteiger partial charge >= 0.3 is 0 Å². The number of hydrogen-bond acceptors (Lipinski definition) is 18. The molecule has 18 heteroatoms. The van der Waals surface area contributed by atoms with Gasteiger partial charge in [0.1, 0.15) is 48.8 Å². The lowest BCUT2D eigenvalue weighted by molar-refractivity contribution is -0.299. The summed E-state index contributed by atoms with van der Waals surface area (Å²) in [7, 11) is 0. The van der Waals surface area contributed by atoms with Gasteiger partial charge in [-0.05, 0) is 31.6 Å². The molecule has 0 aromatic carbocycles. The summed E-state index contributed by atoms with van der Waals surface area (Å²) in [5, 5.41) is 72.8. The van der Waals surface area contributed by atoms with Gasteiger partial charge in [-0.2, -0.15) is 0 Å². The molecular weight excluding hydrogens is 590 g/mol. The van der Waals surface area contributed by atoms with E-state index in [1.807, 2.05) is 0 Å². The molecule has 44 heavy (non-hydrogen) atoms. The largest absolute Gasteiger partial charge is 0.396 e. The van der Waals surface area contributed by atoms with Gasteiger partial charge in [0.05, 0.1) is 37.0 Å². The molecule has 18 nitrogen and oxygen atoms in total. The third-order valence-corrected chi connectivity index (χ3v) is 9.03. The Hall–Kier alpha value is -0.720. The van der Waals surface area contributed by atoms with Crippen LogP contribution < -0.4 is 28.7 Å². The molecule has 17 N–H and O–H groups in total. The number of nitrogens with two attached hydrogens (primary N) is 5. The van der Waals surface area contributed by atoms with E-state index in [0.717, 1.165) is 0 Å². The van der Waals surface area contributed by atoms with Crippen LogP contribution in [0.2, 0.25) is 0 Å². The molecule has 0 unspecified atom stereocenters. The molecule has 4 fully saturated rings. The molecule has 4 rings (SSSR count). The maximum Gasteiger partial charge on any atom is 0.187 e. The van der Waals surface area contributed by atoms with Crippen LogP contribution in [0.15, 0.2) is 0 Å². The van der Waals surface area contributed by atoms with Gasteiger partial charge in [0, 0.05) is 25.7 Å². The first-order valence-electron chi connectivity index (χ1n) is 15.2. The highest BCUT2D eigenvalue weighted by molar-refractivity contribution is 5.00. The van der Waals surface area contributed by atoms with E-state index >= 15 is 0 Å². The number of ether oxygens (including phenoxy) is 6. The fourth-order valence-corrected chi connectivity index (χ4v) is 6.43. The highest BCUT2D eigenvalue weighted by atomic mass is 16.8. The Morgan fingerprint density at radius 3 is 1.86 bits per heavy atom. The maximum absolute atomic E-state index is 11.4. The van der Waals surface area contributed by atoms with E-state index in [-0.39, 0.29) is 26.1 Å². The molecule has 3 aliphatic heterocycles. The zero-order valence-electron chi connectivity index (χ0n) is 24.5. The quantitative estimate of drug-likeness (QED) is 0.0941. The van der Waals surface area contributed by atoms with E-state index < -0.39 is 117 Å². The number of hydrogen-bond donors (Lipinski definition) is 12. The minimum absolute atomic E-state index is 0.0126. The molecule has 0 radical (unpaired) electrons. The second-order valence-corrected chi connectivity index (χ2v) is 12.1. The van der Waals surface area contributed by atoms with Gasteiger partial charge < -0.3 is 92.8 Å². The fourth-order valence-electron chi connectivity index (χ4n) is 6.43. The lowest BCUT2D eigenvalue weighted by Gasteiger charge is -2.47. The van der Waals surface area contributed by atoms with Crippen LogP contribution in [0.25, 0.3) is 0 Å². The number of aliphatic hydroxyl groups excluding tert-OH is 7. The Morgan fingerprint density at radius 1 is 0.614 bits per heavy atom. The van der Waals surface area contributed by atoms with Gasteiger partial charge in [-0.25, -0.2) is 0 Å². The Kier molecular flexibility index (Phi) is 13.1. The molecule has 0 aromatic heterocycles. The molecule has 1 saturated carbocycles. The molecule has 258 valence electrons. The summed E-state index contributed by atoms with van der Waals surface area (Å²) >= 11 is 0. The third-order valence-electron chi connectivity index (χ3n) is 9.03. The Balaban J connectivity index is 1.52. The highest BCUT2D eigenvalue weighted by Gasteiger charge is 2.54. The highest BCUT2D eigenvalue weighted by Crippen LogP contribution is 2.37. The average Bonchev–Trinajstić information content (AvgIpc) is 3.30. The van der Waals surface area contributed by atoms with Crippen LogP contribution in [0.5, 0.6) is 0 Å². The van der Waals surface area contributed by atoms with Crippen LogP contribution in [-0.4, -0.2) is 166 Å². The van der Waals surface area contributed by atoms with Crippen molar-refractivity contribution >= 4 is 0 Å². The van der Waals surface area contributed by atoms with Crippen molar-refractivity contribution in [3.63, 3.8) is 0 Å². The third kappa shape index (κ3) is 7.70. The summed E-state index contributed by atoms with van der Waals surface area (Å²) in [5.74, 6) is -0.407. The molecule has 0 bridgehead atoms. The van der Waals surface area contributed by atoms with Crippen LogP contribution in [0.3, 0.4) is 0 Å². The Bertz CT molecular complexity index is 884. The van der Waals surface area contributed by atoms with Crippen molar-refractivity contribution in [2.75, 3.05) is 26.3 Å². The van der Waals surface area contributed by atoms with Crippen molar-refractivity contribution < 1.29 is 64.2 Å². The van der Waals surface area contributed by atoms with Crippen LogP contribution in [-0.2, 0) is 28.4 Å². The average molecular weight is 642 g/mol. The van der Waals surface area contributed by atoms with Gasteiger partial charge in [0.15, 0.2) is 18.9 Å². The van der Waals surface area contributed by atoms with Crippen LogP contribution in [0.4, 0.5) is 0 Å². The first kappa shape index (κ1) is 36.1. The molecule has 3 saturated heterocycles. The lowest BCUT2D eigenvalue weighted by Crippen LogP contribution is -2.64. The van der Waals surface area contributed by atoms with Gasteiger partial charge in [0.25, 0.3) is 0 Å². The van der Waals surface area contributed by atoms with Crippen molar-refractivity contribution in [3.05, 3.63) is 0 Å². The minimum atomic E-state index is -1.56. The summed E-state index contributed by atoms with van der Waals surface area (Å²) in [6, 6.07) is -2.68. The van der Waals surface area contributed by atoms with Crippen molar-refractivity contribution in [1.29, 1.82) is 0 Å². The lowest BCUT2D eigenvalue weighted by atomic mass is 9.77. The second kappa shape index (κ2) is 15.9. The zero-order valence-corrected chi connectivity index (χ0v) is 24.5. The molecule has 18 atom stereocenters. The van der Waals surface area contributed by atoms with Crippen LogP contribution in [0.1, 0.15) is 25.7 Å². The Morgan fingerprint density at radius 2 is 1.23 bits per heavy atom. The van der Waals surface area contributed by atoms with E-state index in [1.54, 1.807) is 0 Å². The van der Waals surface area contributed by atoms with Gasteiger partial charge in [-0.3, -0.25) is 0 Å². The normalized spacial score (nSPS) is 50.2. The topological polar surface area (TPSA) is 327 Å². The molecule has 3 heterocycles. The predicted molar refractivity (Wildman–Crippen MR) is 149 cm³/mol. The van der Waals surface area contributed by atoms with Gasteiger partial charge in [0.2, 0.25) is 0 Å². The summed E-state index contributed by atoms with van der Waals surface area (Å²) in [6.45, 7) is -0.851. The van der Waals surface area contributed by atoms with Crippen molar-refractivity contribution in [2.45, 2.75) is 130 Å². The summed E-state index contributed by atoms with van der Waals surface area (Å²) in [6.07, 6.45) is -15.4. The summed E-state index contributed by atoms with van der Waals surface area (Å²) < 4.78 is 35.4. The summed E-state index contributed by atoms with van der Waals surface area (Å²) in [4.78, 5) is 0. The first-order chi connectivity index (χ1) is 20.9. The molecule has 0 spiro atoms. The molecule has 4 aliphatic rings. The van der Waals surface area contributed by atoms with Crippen LogP contribution in [0, 0.1) is 5.92 Å². The molecule has 0 aromatic rings. The first-order valence-corrected chi connectivity index (χ1v) is 15.2. The maximum atomic E-state index is 11.4. The van der Waals surface area contributed by atoms with E-state index in [9.17, 15) is 35.7 Å². The molecular formula is C26H51N5O13. The van der Waals surface area contributed by atoms with Gasteiger partial charge in [-0.15, -0.1) is 0 Å².